The van der Waals surface area contributed by atoms with Crippen molar-refractivity contribution in [1.82, 2.24) is 14.8 Å². The van der Waals surface area contributed by atoms with Gasteiger partial charge in [-0.1, -0.05) is 12.1 Å². The zero-order chi connectivity index (χ0) is 14.8. The lowest BCUT2D eigenvalue weighted by Gasteiger charge is -2.06. The predicted octanol–water partition coefficient (Wildman–Crippen LogP) is 0.986. The maximum absolute atomic E-state index is 11.8. The number of carboxylic acids is 1. The number of carbonyl (C=O) groups excluding carboxylic acids is 1. The van der Waals surface area contributed by atoms with Gasteiger partial charge in [0.15, 0.2) is 0 Å². The van der Waals surface area contributed by atoms with Crippen molar-refractivity contribution in [3.05, 3.63) is 42.5 Å². The summed E-state index contributed by atoms with van der Waals surface area (Å²) in [6.45, 7) is 0.609. The molecule has 1 amide bonds. The van der Waals surface area contributed by atoms with Crippen molar-refractivity contribution in [3.63, 3.8) is 0 Å². The number of carbonyl (C=O) groups is 2. The van der Waals surface area contributed by atoms with E-state index in [0.717, 1.165) is 5.56 Å². The predicted molar refractivity (Wildman–Crippen MR) is 73.4 cm³/mol. The lowest BCUT2D eigenvalue weighted by molar-refractivity contribution is -0.139. The molecule has 0 radical (unpaired) electrons. The number of anilines is 1. The smallest absolute Gasteiger partial charge is 0.307 e. The van der Waals surface area contributed by atoms with Gasteiger partial charge in [-0.25, -0.2) is 9.67 Å². The number of nitrogens with zero attached hydrogens (tertiary/aromatic N) is 3. The van der Waals surface area contributed by atoms with E-state index in [1.54, 1.807) is 23.1 Å². The molecule has 1 saturated carbocycles. The molecule has 7 heteroatoms. The highest BCUT2D eigenvalue weighted by Gasteiger charge is 2.48. The topological polar surface area (TPSA) is 97.1 Å². The summed E-state index contributed by atoms with van der Waals surface area (Å²) >= 11 is 0. The first-order valence-corrected chi connectivity index (χ1v) is 6.58. The molecule has 0 unspecified atom stereocenters. The summed E-state index contributed by atoms with van der Waals surface area (Å²) < 4.78 is 1.70. The fraction of sp³-hybridized carbons (Fsp3) is 0.286. The Bertz CT molecular complexity index is 651. The van der Waals surface area contributed by atoms with Crippen LogP contribution in [0.5, 0.6) is 0 Å². The van der Waals surface area contributed by atoms with Gasteiger partial charge in [0.25, 0.3) is 0 Å². The minimum Gasteiger partial charge on any atom is -0.481 e. The zero-order valence-corrected chi connectivity index (χ0v) is 11.1. The Balaban J connectivity index is 1.57. The molecule has 0 spiro atoms. The molecule has 1 heterocycles. The minimum absolute atomic E-state index is 0.230. The summed E-state index contributed by atoms with van der Waals surface area (Å²) in [7, 11) is 0. The Morgan fingerprint density at radius 3 is 2.62 bits per heavy atom. The van der Waals surface area contributed by atoms with Gasteiger partial charge in [0.05, 0.1) is 18.4 Å². The Hall–Kier alpha value is -2.70. The number of nitrogens with one attached hydrogen (secondary N) is 1. The third-order valence-electron chi connectivity index (χ3n) is 3.48. The first-order chi connectivity index (χ1) is 10.1. The second-order valence-electron chi connectivity index (χ2n) is 5.07. The van der Waals surface area contributed by atoms with Gasteiger partial charge >= 0.3 is 5.97 Å². The normalized spacial score (nSPS) is 20.0. The molecule has 2 N–H and O–H groups in total. The second kappa shape index (κ2) is 5.35. The molecule has 1 fully saturated rings. The summed E-state index contributed by atoms with van der Waals surface area (Å²) in [5.41, 5.74) is 1.70. The molecule has 0 aliphatic heterocycles. The monoisotopic (exact) mass is 286 g/mol. The summed E-state index contributed by atoms with van der Waals surface area (Å²) in [5.74, 6) is -2.07. The van der Waals surface area contributed by atoms with E-state index in [2.05, 4.69) is 15.4 Å². The van der Waals surface area contributed by atoms with Crippen molar-refractivity contribution in [3.8, 4) is 0 Å². The Morgan fingerprint density at radius 1 is 1.29 bits per heavy atom. The lowest BCUT2D eigenvalue weighted by Crippen LogP contribution is -2.16. The van der Waals surface area contributed by atoms with Crippen molar-refractivity contribution < 1.29 is 14.7 Å². The van der Waals surface area contributed by atoms with Gasteiger partial charge in [-0.15, -0.1) is 0 Å². The number of rotatable bonds is 5. The molecule has 1 aliphatic rings. The van der Waals surface area contributed by atoms with E-state index in [1.807, 2.05) is 12.1 Å². The van der Waals surface area contributed by atoms with Crippen molar-refractivity contribution in [2.24, 2.45) is 11.8 Å². The van der Waals surface area contributed by atoms with E-state index >= 15 is 0 Å². The summed E-state index contributed by atoms with van der Waals surface area (Å²) in [6.07, 6.45) is 3.53. The summed E-state index contributed by atoms with van der Waals surface area (Å²) in [4.78, 5) is 26.4. The molecule has 0 saturated heterocycles. The number of aromatic nitrogens is 3. The molecule has 108 valence electrons. The fourth-order valence-corrected chi connectivity index (χ4v) is 2.19. The van der Waals surface area contributed by atoms with Crippen molar-refractivity contribution >= 4 is 17.6 Å². The molecule has 1 aliphatic carbocycles. The molecule has 3 rings (SSSR count). The van der Waals surface area contributed by atoms with Gasteiger partial charge in [-0.3, -0.25) is 9.59 Å². The maximum atomic E-state index is 11.8. The van der Waals surface area contributed by atoms with Crippen molar-refractivity contribution in [2.45, 2.75) is 13.0 Å². The van der Waals surface area contributed by atoms with Gasteiger partial charge in [0, 0.05) is 5.69 Å². The average Bonchev–Trinajstić information content (AvgIpc) is 3.13. The van der Waals surface area contributed by atoms with Crippen LogP contribution >= 0.6 is 0 Å². The quantitative estimate of drug-likeness (QED) is 0.854. The fourth-order valence-electron chi connectivity index (χ4n) is 2.19. The first kappa shape index (κ1) is 13.3. The molecule has 2 atom stereocenters. The molecule has 0 bridgehead atoms. The van der Waals surface area contributed by atoms with E-state index in [9.17, 15) is 9.59 Å². The van der Waals surface area contributed by atoms with Gasteiger partial charge in [0.1, 0.15) is 12.7 Å². The Morgan fingerprint density at radius 2 is 2.05 bits per heavy atom. The minimum atomic E-state index is -0.904. The van der Waals surface area contributed by atoms with E-state index in [-0.39, 0.29) is 5.91 Å². The third-order valence-corrected chi connectivity index (χ3v) is 3.48. The molecule has 1 aromatic carbocycles. The van der Waals surface area contributed by atoms with Crippen LogP contribution in [0.25, 0.3) is 0 Å². The maximum Gasteiger partial charge on any atom is 0.307 e. The zero-order valence-electron chi connectivity index (χ0n) is 11.1. The highest BCUT2D eigenvalue weighted by molar-refractivity contribution is 5.98. The second-order valence-corrected chi connectivity index (χ2v) is 5.07. The van der Waals surface area contributed by atoms with Gasteiger partial charge in [0.2, 0.25) is 5.91 Å². The number of hydrogen-bond donors (Lipinski definition) is 2. The highest BCUT2D eigenvalue weighted by atomic mass is 16.4. The van der Waals surface area contributed by atoms with Crippen LogP contribution in [0.2, 0.25) is 0 Å². The number of aliphatic carboxylic acids is 1. The average molecular weight is 286 g/mol. The van der Waals surface area contributed by atoms with E-state index < -0.39 is 17.8 Å². The lowest BCUT2D eigenvalue weighted by atomic mass is 10.2. The van der Waals surface area contributed by atoms with Gasteiger partial charge in [-0.2, -0.15) is 5.10 Å². The SMILES string of the molecule is O=C(O)[C@H]1C[C@H]1C(=O)Nc1ccc(Cn2cncn2)cc1. The van der Waals surface area contributed by atoms with Crippen LogP contribution in [-0.2, 0) is 16.1 Å². The molecule has 2 aromatic rings. The standard InChI is InChI=1S/C14H14N4O3/c19-13(11-5-12(11)14(20)21)17-10-3-1-9(2-4-10)6-18-8-15-7-16-18/h1-4,7-8,11-12H,5-6H2,(H,17,19)(H,20,21)/t11-,12+/m1/s1. The number of carboxylic acid groups (broad SMARTS) is 1. The summed E-state index contributed by atoms with van der Waals surface area (Å²) in [5, 5.41) is 15.6. The largest absolute Gasteiger partial charge is 0.481 e. The third kappa shape index (κ3) is 3.07. The van der Waals surface area contributed by atoms with Crippen LogP contribution in [0.15, 0.2) is 36.9 Å². The summed E-state index contributed by atoms with van der Waals surface area (Å²) in [6, 6.07) is 7.36. The number of hydrogen-bond acceptors (Lipinski definition) is 4. The first-order valence-electron chi connectivity index (χ1n) is 6.58. The van der Waals surface area contributed by atoms with Crippen LogP contribution in [0.4, 0.5) is 5.69 Å². The van der Waals surface area contributed by atoms with Crippen LogP contribution in [0.3, 0.4) is 0 Å². The van der Waals surface area contributed by atoms with E-state index in [4.69, 9.17) is 5.11 Å². The van der Waals surface area contributed by atoms with E-state index in [0.29, 0.717) is 18.7 Å². The van der Waals surface area contributed by atoms with Gasteiger partial charge in [-0.05, 0) is 24.1 Å². The van der Waals surface area contributed by atoms with Crippen LogP contribution in [0, 0.1) is 11.8 Å². The Kier molecular flexibility index (Phi) is 3.39. The Labute approximate surface area is 120 Å². The molecule has 1 aromatic heterocycles. The van der Waals surface area contributed by atoms with Crippen molar-refractivity contribution in [1.29, 1.82) is 0 Å². The van der Waals surface area contributed by atoms with E-state index in [1.165, 1.54) is 6.33 Å². The van der Waals surface area contributed by atoms with Crippen LogP contribution < -0.4 is 5.32 Å². The molecular formula is C14H14N4O3. The van der Waals surface area contributed by atoms with Crippen molar-refractivity contribution in [2.75, 3.05) is 5.32 Å². The van der Waals surface area contributed by atoms with Gasteiger partial charge < -0.3 is 10.4 Å². The number of amides is 1. The van der Waals surface area contributed by atoms with Crippen LogP contribution in [-0.4, -0.2) is 31.7 Å². The molecule has 7 nitrogen and oxygen atoms in total. The molecule has 21 heavy (non-hydrogen) atoms. The van der Waals surface area contributed by atoms with Crippen LogP contribution in [0.1, 0.15) is 12.0 Å². The highest BCUT2D eigenvalue weighted by Crippen LogP contribution is 2.39. The molecular weight excluding hydrogens is 272 g/mol. The number of benzene rings is 1.